The van der Waals surface area contributed by atoms with E-state index in [1.165, 1.54) is 0 Å². The van der Waals surface area contributed by atoms with E-state index in [1.807, 2.05) is 46.9 Å². The fourth-order valence-corrected chi connectivity index (χ4v) is 1.65. The Hall–Kier alpha value is -1.49. The first-order valence-electron chi connectivity index (χ1n) is 6.40. The van der Waals surface area contributed by atoms with Crippen LogP contribution in [0.25, 0.3) is 0 Å². The maximum Gasteiger partial charge on any atom is 0.410 e. The zero-order valence-corrected chi connectivity index (χ0v) is 12.6. The summed E-state index contributed by atoms with van der Waals surface area (Å²) >= 11 is 0. The molecule has 0 radical (unpaired) electrons. The lowest BCUT2D eigenvalue weighted by Crippen LogP contribution is -2.38. The van der Waals surface area contributed by atoms with Gasteiger partial charge in [0.1, 0.15) is 17.1 Å². The molecular weight excluding hydrogens is 244 g/mol. The molecule has 0 fully saturated rings. The van der Waals surface area contributed by atoms with Crippen LogP contribution in [0.3, 0.4) is 0 Å². The predicted molar refractivity (Wildman–Crippen MR) is 74.1 cm³/mol. The maximum absolute atomic E-state index is 11.9. The maximum atomic E-state index is 11.9. The van der Waals surface area contributed by atoms with Gasteiger partial charge in [0.15, 0.2) is 0 Å². The van der Waals surface area contributed by atoms with Crippen molar-refractivity contribution in [3.05, 3.63) is 23.7 Å². The van der Waals surface area contributed by atoms with Crippen molar-refractivity contribution in [3.8, 4) is 0 Å². The molecule has 1 atom stereocenters. The number of amides is 1. The van der Waals surface area contributed by atoms with Crippen molar-refractivity contribution in [1.82, 2.24) is 10.2 Å². The first-order valence-corrected chi connectivity index (χ1v) is 6.40. The van der Waals surface area contributed by atoms with Crippen molar-refractivity contribution >= 4 is 6.09 Å². The largest absolute Gasteiger partial charge is 0.465 e. The molecule has 0 saturated carbocycles. The molecule has 1 heterocycles. The average molecular weight is 268 g/mol. The van der Waals surface area contributed by atoms with E-state index in [0.29, 0.717) is 6.54 Å². The van der Waals surface area contributed by atoms with Crippen LogP contribution in [0.4, 0.5) is 4.79 Å². The molecule has 1 unspecified atom stereocenters. The standard InChI is InChI=1S/C14H24N2O3/c1-10-7-8-12(18-10)11(15-5)9-16(6)13(17)19-14(2,3)4/h7-8,11,15H,9H2,1-6H3. The third-order valence-electron chi connectivity index (χ3n) is 2.61. The minimum absolute atomic E-state index is 0.0498. The summed E-state index contributed by atoms with van der Waals surface area (Å²) in [5.41, 5.74) is -0.484. The quantitative estimate of drug-likeness (QED) is 0.912. The highest BCUT2D eigenvalue weighted by atomic mass is 16.6. The van der Waals surface area contributed by atoms with Crippen molar-refractivity contribution in [2.75, 3.05) is 20.6 Å². The Morgan fingerprint density at radius 1 is 1.47 bits per heavy atom. The average Bonchev–Trinajstić information content (AvgIpc) is 2.69. The van der Waals surface area contributed by atoms with Gasteiger partial charge < -0.3 is 19.4 Å². The van der Waals surface area contributed by atoms with E-state index >= 15 is 0 Å². The number of nitrogens with zero attached hydrogens (tertiary/aromatic N) is 1. The highest BCUT2D eigenvalue weighted by molar-refractivity contribution is 5.67. The number of aryl methyl sites for hydroxylation is 1. The van der Waals surface area contributed by atoms with E-state index in [4.69, 9.17) is 9.15 Å². The molecule has 108 valence electrons. The van der Waals surface area contributed by atoms with Gasteiger partial charge in [-0.25, -0.2) is 4.79 Å². The topological polar surface area (TPSA) is 54.7 Å². The SMILES string of the molecule is CNC(CN(C)C(=O)OC(C)(C)C)c1ccc(C)o1. The summed E-state index contributed by atoms with van der Waals surface area (Å²) in [6.45, 7) is 7.94. The van der Waals surface area contributed by atoms with Crippen molar-refractivity contribution in [2.24, 2.45) is 0 Å². The van der Waals surface area contributed by atoms with Crippen LogP contribution in [0.1, 0.15) is 38.3 Å². The summed E-state index contributed by atoms with van der Waals surface area (Å²) < 4.78 is 10.9. The Kier molecular flexibility index (Phi) is 5.00. The number of furan rings is 1. The number of rotatable bonds is 4. The van der Waals surface area contributed by atoms with Crippen molar-refractivity contribution in [1.29, 1.82) is 0 Å². The van der Waals surface area contributed by atoms with E-state index in [9.17, 15) is 4.79 Å². The van der Waals surface area contributed by atoms with E-state index in [1.54, 1.807) is 11.9 Å². The Bertz CT molecular complexity index is 421. The molecule has 5 nitrogen and oxygen atoms in total. The van der Waals surface area contributed by atoms with Gasteiger partial charge in [-0.15, -0.1) is 0 Å². The highest BCUT2D eigenvalue weighted by Gasteiger charge is 2.23. The molecule has 0 aliphatic heterocycles. The molecule has 0 bridgehead atoms. The van der Waals surface area contributed by atoms with Gasteiger partial charge >= 0.3 is 6.09 Å². The van der Waals surface area contributed by atoms with E-state index in [0.717, 1.165) is 11.5 Å². The van der Waals surface area contributed by atoms with E-state index in [-0.39, 0.29) is 12.1 Å². The Balaban J connectivity index is 2.63. The van der Waals surface area contributed by atoms with E-state index < -0.39 is 5.60 Å². The molecule has 0 aliphatic rings. The molecule has 5 heteroatoms. The monoisotopic (exact) mass is 268 g/mol. The molecule has 0 saturated heterocycles. The van der Waals surface area contributed by atoms with Gasteiger partial charge in [0.25, 0.3) is 0 Å². The molecule has 0 spiro atoms. The summed E-state index contributed by atoms with van der Waals surface area (Å²) in [5.74, 6) is 1.67. The van der Waals surface area contributed by atoms with Crippen LogP contribution in [-0.4, -0.2) is 37.2 Å². The first-order chi connectivity index (χ1) is 8.73. The minimum atomic E-state index is -0.484. The zero-order valence-electron chi connectivity index (χ0n) is 12.6. The van der Waals surface area contributed by atoms with Crippen LogP contribution < -0.4 is 5.32 Å². The zero-order chi connectivity index (χ0) is 14.6. The first kappa shape index (κ1) is 15.6. The molecule has 1 amide bonds. The van der Waals surface area contributed by atoms with Gasteiger partial charge in [-0.05, 0) is 46.9 Å². The van der Waals surface area contributed by atoms with Gasteiger partial charge in [-0.3, -0.25) is 0 Å². The Morgan fingerprint density at radius 3 is 2.53 bits per heavy atom. The third-order valence-corrected chi connectivity index (χ3v) is 2.61. The second-order valence-electron chi connectivity index (χ2n) is 5.65. The fraction of sp³-hybridized carbons (Fsp3) is 0.643. The number of nitrogens with one attached hydrogen (secondary N) is 1. The van der Waals surface area contributed by atoms with Crippen molar-refractivity contribution < 1.29 is 13.9 Å². The second-order valence-corrected chi connectivity index (χ2v) is 5.65. The van der Waals surface area contributed by atoms with Gasteiger partial charge in [-0.2, -0.15) is 0 Å². The Labute approximate surface area is 114 Å². The predicted octanol–water partition coefficient (Wildman–Crippen LogP) is 2.72. The lowest BCUT2D eigenvalue weighted by atomic mass is 10.2. The molecule has 1 rings (SSSR count). The Morgan fingerprint density at radius 2 is 2.11 bits per heavy atom. The van der Waals surface area contributed by atoms with Crippen molar-refractivity contribution in [2.45, 2.75) is 39.3 Å². The number of hydrogen-bond donors (Lipinski definition) is 1. The van der Waals surface area contributed by atoms with Gasteiger partial charge in [0.2, 0.25) is 0 Å². The third kappa shape index (κ3) is 4.95. The summed E-state index contributed by atoms with van der Waals surface area (Å²) in [4.78, 5) is 13.4. The molecule has 19 heavy (non-hydrogen) atoms. The number of carbonyl (C=O) groups is 1. The van der Waals surface area contributed by atoms with Gasteiger partial charge in [-0.1, -0.05) is 0 Å². The summed E-state index contributed by atoms with van der Waals surface area (Å²) in [6, 6.07) is 3.78. The highest BCUT2D eigenvalue weighted by Crippen LogP contribution is 2.18. The molecule has 1 aromatic heterocycles. The van der Waals surface area contributed by atoms with Crippen molar-refractivity contribution in [3.63, 3.8) is 0 Å². The summed E-state index contributed by atoms with van der Waals surface area (Å²) in [6.07, 6.45) is -0.337. The minimum Gasteiger partial charge on any atom is -0.465 e. The molecule has 0 aliphatic carbocycles. The van der Waals surface area contributed by atoms with Crippen LogP contribution in [0.5, 0.6) is 0 Å². The fourth-order valence-electron chi connectivity index (χ4n) is 1.65. The lowest BCUT2D eigenvalue weighted by Gasteiger charge is -2.26. The van der Waals surface area contributed by atoms with Crippen LogP contribution >= 0.6 is 0 Å². The lowest BCUT2D eigenvalue weighted by molar-refractivity contribution is 0.0281. The summed E-state index contributed by atoms with van der Waals surface area (Å²) in [5, 5.41) is 3.14. The number of ether oxygens (including phenoxy) is 1. The second kappa shape index (κ2) is 6.10. The van der Waals surface area contributed by atoms with Crippen LogP contribution in [0.2, 0.25) is 0 Å². The number of carbonyl (C=O) groups excluding carboxylic acids is 1. The smallest absolute Gasteiger partial charge is 0.410 e. The normalized spacial score (nSPS) is 13.2. The van der Waals surface area contributed by atoms with Crippen LogP contribution in [0.15, 0.2) is 16.5 Å². The molecule has 1 N–H and O–H groups in total. The van der Waals surface area contributed by atoms with Crippen LogP contribution in [0, 0.1) is 6.92 Å². The number of hydrogen-bond acceptors (Lipinski definition) is 4. The van der Waals surface area contributed by atoms with E-state index in [2.05, 4.69) is 5.32 Å². The van der Waals surface area contributed by atoms with Crippen LogP contribution in [-0.2, 0) is 4.74 Å². The van der Waals surface area contributed by atoms with Gasteiger partial charge in [0.05, 0.1) is 6.04 Å². The molecule has 0 aromatic carbocycles. The number of likely N-dealkylation sites (N-methyl/N-ethyl adjacent to an activating group) is 2. The molecule has 1 aromatic rings. The van der Waals surface area contributed by atoms with Gasteiger partial charge in [0, 0.05) is 13.6 Å². The summed E-state index contributed by atoms with van der Waals surface area (Å²) in [7, 11) is 3.56. The molecular formula is C14H24N2O3.